The lowest BCUT2D eigenvalue weighted by molar-refractivity contribution is 0.582. The predicted molar refractivity (Wildman–Crippen MR) is 76.0 cm³/mol. The van der Waals surface area contributed by atoms with Gasteiger partial charge in [-0.3, -0.25) is 0 Å². The summed E-state index contributed by atoms with van der Waals surface area (Å²) in [6.45, 7) is 3.76. The quantitative estimate of drug-likeness (QED) is 0.646. The van der Waals surface area contributed by atoms with Gasteiger partial charge in [-0.15, -0.1) is 0 Å². The minimum atomic E-state index is -3.85. The van der Waals surface area contributed by atoms with Gasteiger partial charge in [-0.05, 0) is 38.1 Å². The van der Waals surface area contributed by atoms with Gasteiger partial charge in [0.15, 0.2) is 4.90 Å². The highest BCUT2D eigenvalue weighted by molar-refractivity contribution is 8.67. The average molecular weight is 294 g/mol. The number of hydrogen-bond donors (Lipinski definition) is 0. The summed E-state index contributed by atoms with van der Waals surface area (Å²) in [5, 5.41) is 0. The van der Waals surface area contributed by atoms with Crippen LogP contribution in [-0.2, 0) is 19.1 Å². The first kappa shape index (κ1) is 14.1. The summed E-state index contributed by atoms with van der Waals surface area (Å²) in [6.07, 6.45) is 0. The van der Waals surface area contributed by atoms with Gasteiger partial charge in [-0.1, -0.05) is 35.4 Å². The minimum absolute atomic E-state index is 0.0806. The molecule has 1 unspecified atom stereocenters. The Labute approximate surface area is 115 Å². The molecule has 2 rings (SSSR count). The highest BCUT2D eigenvalue weighted by atomic mass is 33.2. The van der Waals surface area contributed by atoms with Crippen LogP contribution in [0.4, 0.5) is 0 Å². The Morgan fingerprint density at radius 3 is 1.74 bits per heavy atom. The summed E-state index contributed by atoms with van der Waals surface area (Å²) >= 11 is 0. The fourth-order valence-electron chi connectivity index (χ4n) is 1.57. The van der Waals surface area contributed by atoms with Crippen LogP contribution in [0.2, 0.25) is 0 Å². The molecule has 0 amide bonds. The number of benzene rings is 2. The van der Waals surface area contributed by atoms with E-state index in [1.165, 1.54) is 12.1 Å². The summed E-state index contributed by atoms with van der Waals surface area (Å²) < 4.78 is 36.6. The molecule has 0 radical (unpaired) electrons. The van der Waals surface area contributed by atoms with Crippen LogP contribution in [0, 0.1) is 13.8 Å². The van der Waals surface area contributed by atoms with E-state index in [1.54, 1.807) is 36.4 Å². The Kier molecular flexibility index (Phi) is 3.99. The van der Waals surface area contributed by atoms with Crippen LogP contribution in [0.15, 0.2) is 58.3 Å². The molecule has 3 nitrogen and oxygen atoms in total. The highest BCUT2D eigenvalue weighted by Gasteiger charge is 2.31. The molecule has 0 heterocycles. The van der Waals surface area contributed by atoms with Crippen molar-refractivity contribution in [3.8, 4) is 0 Å². The smallest absolute Gasteiger partial charge is 0.348 e. The van der Waals surface area contributed by atoms with Crippen LogP contribution in [0.1, 0.15) is 11.1 Å². The molecule has 2 aromatic carbocycles. The van der Waals surface area contributed by atoms with Gasteiger partial charge < -0.3 is 4.55 Å². The number of hydrogen-bond acceptors (Lipinski definition) is 3. The van der Waals surface area contributed by atoms with Crippen molar-refractivity contribution in [2.45, 2.75) is 23.6 Å². The van der Waals surface area contributed by atoms with Gasteiger partial charge in [0.2, 0.25) is 0 Å². The molecule has 0 aliphatic carbocycles. The first-order valence-electron chi connectivity index (χ1n) is 5.72. The lowest BCUT2D eigenvalue weighted by Gasteiger charge is -2.10. The molecule has 0 aliphatic rings. The third-order valence-corrected chi connectivity index (χ3v) is 6.98. The zero-order valence-electron chi connectivity index (χ0n) is 10.7. The summed E-state index contributed by atoms with van der Waals surface area (Å²) in [7, 11) is -5.94. The molecule has 0 fully saturated rings. The van der Waals surface area contributed by atoms with E-state index < -0.39 is 19.1 Å². The Hall–Kier alpha value is -1.30. The fraction of sp³-hybridized carbons (Fsp3) is 0.143. The number of rotatable bonds is 3. The van der Waals surface area contributed by atoms with Crippen LogP contribution >= 0.6 is 0 Å². The standard InChI is InChI=1S/C14H14O3S2/c1-11-3-7-13(8-4-11)18(15)19(16,17)14-9-5-12(2)6-10-14/h3-10H,1-2H3. The average Bonchev–Trinajstić information content (AvgIpc) is 2.39. The van der Waals surface area contributed by atoms with Crippen molar-refractivity contribution in [1.29, 1.82) is 0 Å². The SMILES string of the molecule is Cc1ccc([S+]([O-])S(=O)(=O)c2ccc(C)cc2)cc1. The topological polar surface area (TPSA) is 57.2 Å². The van der Waals surface area contributed by atoms with Crippen molar-refractivity contribution < 1.29 is 13.0 Å². The molecule has 0 bridgehead atoms. The highest BCUT2D eigenvalue weighted by Crippen LogP contribution is 2.24. The molecule has 0 aliphatic heterocycles. The molecule has 5 heteroatoms. The maximum Gasteiger partial charge on any atom is 0.348 e. The minimum Gasteiger partial charge on any atom is -0.596 e. The van der Waals surface area contributed by atoms with Gasteiger partial charge in [-0.2, -0.15) is 8.42 Å². The van der Waals surface area contributed by atoms with Crippen LogP contribution < -0.4 is 0 Å². The van der Waals surface area contributed by atoms with Crippen LogP contribution in [0.3, 0.4) is 0 Å². The maximum absolute atomic E-state index is 12.2. The molecule has 0 N–H and O–H groups in total. The van der Waals surface area contributed by atoms with Crippen molar-refractivity contribution in [2.75, 3.05) is 0 Å². The van der Waals surface area contributed by atoms with Crippen molar-refractivity contribution in [3.63, 3.8) is 0 Å². The van der Waals surface area contributed by atoms with E-state index >= 15 is 0 Å². The molecular weight excluding hydrogens is 280 g/mol. The largest absolute Gasteiger partial charge is 0.596 e. The van der Waals surface area contributed by atoms with Crippen LogP contribution in [0.5, 0.6) is 0 Å². The molecule has 100 valence electrons. The summed E-state index contributed by atoms with van der Waals surface area (Å²) in [5.74, 6) is 0. The summed E-state index contributed by atoms with van der Waals surface area (Å²) in [5.41, 5.74) is 1.95. The van der Waals surface area contributed by atoms with Gasteiger partial charge in [0.25, 0.3) is 0 Å². The predicted octanol–water partition coefficient (Wildman–Crippen LogP) is 2.80. The van der Waals surface area contributed by atoms with E-state index in [4.69, 9.17) is 0 Å². The molecule has 19 heavy (non-hydrogen) atoms. The lowest BCUT2D eigenvalue weighted by Crippen LogP contribution is -2.16. The lowest BCUT2D eigenvalue weighted by atomic mass is 10.2. The molecule has 0 aromatic heterocycles. The molecule has 2 aromatic rings. The van der Waals surface area contributed by atoms with Gasteiger partial charge in [0, 0.05) is 0 Å². The third kappa shape index (κ3) is 3.00. The van der Waals surface area contributed by atoms with E-state index in [0.717, 1.165) is 11.1 Å². The van der Waals surface area contributed by atoms with E-state index in [-0.39, 0.29) is 4.90 Å². The summed E-state index contributed by atoms with van der Waals surface area (Å²) in [4.78, 5) is 0.378. The molecule has 0 saturated heterocycles. The van der Waals surface area contributed by atoms with E-state index in [0.29, 0.717) is 4.90 Å². The number of aryl methyl sites for hydroxylation is 2. The second kappa shape index (κ2) is 5.36. The molecular formula is C14H14O3S2. The normalized spacial score (nSPS) is 13.2. The Morgan fingerprint density at radius 2 is 1.26 bits per heavy atom. The van der Waals surface area contributed by atoms with Crippen LogP contribution in [-0.4, -0.2) is 13.0 Å². The van der Waals surface area contributed by atoms with Crippen molar-refractivity contribution in [2.24, 2.45) is 0 Å². The Bertz CT molecular complexity index is 659. The van der Waals surface area contributed by atoms with E-state index in [9.17, 15) is 13.0 Å². The van der Waals surface area contributed by atoms with Gasteiger partial charge in [0.05, 0.1) is 0 Å². The van der Waals surface area contributed by atoms with Crippen molar-refractivity contribution in [1.82, 2.24) is 0 Å². The first-order chi connectivity index (χ1) is 8.91. The Balaban J connectivity index is 2.39. The monoisotopic (exact) mass is 294 g/mol. The zero-order valence-corrected chi connectivity index (χ0v) is 12.3. The van der Waals surface area contributed by atoms with Crippen molar-refractivity contribution >= 4 is 19.1 Å². The zero-order chi connectivity index (χ0) is 14.0. The second-order valence-electron chi connectivity index (χ2n) is 4.31. The third-order valence-electron chi connectivity index (χ3n) is 2.72. The van der Waals surface area contributed by atoms with E-state index in [2.05, 4.69) is 0 Å². The Morgan fingerprint density at radius 1 is 0.842 bits per heavy atom. The van der Waals surface area contributed by atoms with Gasteiger partial charge in [-0.25, -0.2) is 0 Å². The second-order valence-corrected chi connectivity index (χ2v) is 8.86. The van der Waals surface area contributed by atoms with Gasteiger partial charge in [0.1, 0.15) is 15.1 Å². The first-order valence-corrected chi connectivity index (χ1v) is 8.87. The van der Waals surface area contributed by atoms with Gasteiger partial charge >= 0.3 is 8.87 Å². The van der Waals surface area contributed by atoms with Crippen molar-refractivity contribution in [3.05, 3.63) is 59.7 Å². The summed E-state index contributed by atoms with van der Waals surface area (Å²) in [6, 6.07) is 13.0. The molecule has 0 spiro atoms. The molecule has 1 atom stereocenters. The molecule has 0 saturated carbocycles. The van der Waals surface area contributed by atoms with Crippen LogP contribution in [0.25, 0.3) is 0 Å². The van der Waals surface area contributed by atoms with E-state index in [1.807, 2.05) is 13.8 Å². The maximum atomic E-state index is 12.2. The fourth-order valence-corrected chi connectivity index (χ4v) is 4.78.